The molecule has 14 heavy (non-hydrogen) atoms. The van der Waals surface area contributed by atoms with Gasteiger partial charge in [0.15, 0.2) is 0 Å². The number of nitrogens with one attached hydrogen (secondary N) is 1. The van der Waals surface area contributed by atoms with Crippen LogP contribution in [0.1, 0.15) is 18.7 Å². The van der Waals surface area contributed by atoms with E-state index < -0.39 is 0 Å². The van der Waals surface area contributed by atoms with Crippen molar-refractivity contribution in [3.63, 3.8) is 0 Å². The van der Waals surface area contributed by atoms with E-state index in [1.807, 2.05) is 6.20 Å². The third-order valence-corrected chi connectivity index (χ3v) is 2.87. The molecule has 0 saturated carbocycles. The van der Waals surface area contributed by atoms with Crippen molar-refractivity contribution < 1.29 is 0 Å². The molecule has 0 saturated heterocycles. The van der Waals surface area contributed by atoms with E-state index in [1.54, 1.807) is 0 Å². The van der Waals surface area contributed by atoms with Crippen LogP contribution in [-0.4, -0.2) is 40.7 Å². The minimum absolute atomic E-state index is 0.888. The van der Waals surface area contributed by atoms with Crippen molar-refractivity contribution >= 4 is 11.5 Å². The summed E-state index contributed by atoms with van der Waals surface area (Å²) in [5.74, 6) is 0. The maximum atomic E-state index is 3.81. The van der Waals surface area contributed by atoms with Gasteiger partial charge in [0.05, 0.1) is 11.1 Å². The molecule has 1 aromatic rings. The van der Waals surface area contributed by atoms with Crippen molar-refractivity contribution in [2.24, 2.45) is 0 Å². The molecule has 0 fully saturated rings. The molecule has 1 heterocycles. The van der Waals surface area contributed by atoms with Crippen LogP contribution in [-0.2, 0) is 6.54 Å². The average Bonchev–Trinajstić information content (AvgIpc) is 2.71. The molecule has 80 valence electrons. The summed E-state index contributed by atoms with van der Waals surface area (Å²) in [6, 6.07) is 0. The maximum Gasteiger partial charge on any atom is 0.0666 e. The van der Waals surface area contributed by atoms with Gasteiger partial charge in [0.25, 0.3) is 0 Å². The lowest BCUT2D eigenvalue weighted by molar-refractivity contribution is 0.302. The lowest BCUT2D eigenvalue weighted by Crippen LogP contribution is -2.31. The molecule has 0 unspecified atom stereocenters. The average molecular weight is 214 g/mol. The zero-order valence-electron chi connectivity index (χ0n) is 8.86. The Morgan fingerprint density at radius 2 is 2.21 bits per heavy atom. The fourth-order valence-corrected chi connectivity index (χ4v) is 1.71. The van der Waals surface area contributed by atoms with Gasteiger partial charge < -0.3 is 10.2 Å². The van der Waals surface area contributed by atoms with Gasteiger partial charge in [-0.05, 0) is 24.6 Å². The Bertz CT molecular complexity index is 221. The van der Waals surface area contributed by atoms with Gasteiger partial charge >= 0.3 is 0 Å². The molecular formula is C9H18N4S. The molecule has 1 rings (SSSR count). The first-order valence-corrected chi connectivity index (χ1v) is 5.83. The van der Waals surface area contributed by atoms with Gasteiger partial charge in [-0.2, -0.15) is 0 Å². The highest BCUT2D eigenvalue weighted by Gasteiger charge is 1.98. The van der Waals surface area contributed by atoms with Crippen molar-refractivity contribution in [1.82, 2.24) is 19.8 Å². The Kier molecular flexibility index (Phi) is 5.66. The monoisotopic (exact) mass is 214 g/mol. The maximum absolute atomic E-state index is 3.81. The highest BCUT2D eigenvalue weighted by molar-refractivity contribution is 7.05. The second kappa shape index (κ2) is 6.86. The Labute approximate surface area is 89.5 Å². The van der Waals surface area contributed by atoms with Crippen molar-refractivity contribution in [1.29, 1.82) is 0 Å². The first kappa shape index (κ1) is 11.6. The summed E-state index contributed by atoms with van der Waals surface area (Å²) < 4.78 is 3.81. The SMILES string of the molecule is CCN(CC)CCNCc1cnns1. The number of hydrogen-bond donors (Lipinski definition) is 1. The van der Waals surface area contributed by atoms with Crippen molar-refractivity contribution in [2.75, 3.05) is 26.2 Å². The van der Waals surface area contributed by atoms with Crippen LogP contribution in [0.5, 0.6) is 0 Å². The van der Waals surface area contributed by atoms with E-state index in [4.69, 9.17) is 0 Å². The van der Waals surface area contributed by atoms with Crippen LogP contribution in [0, 0.1) is 0 Å². The van der Waals surface area contributed by atoms with Gasteiger partial charge in [-0.15, -0.1) is 5.10 Å². The van der Waals surface area contributed by atoms with Gasteiger partial charge in [0.2, 0.25) is 0 Å². The molecule has 0 bridgehead atoms. The normalized spacial score (nSPS) is 11.1. The third-order valence-electron chi connectivity index (χ3n) is 2.21. The van der Waals surface area contributed by atoms with E-state index in [9.17, 15) is 0 Å². The van der Waals surface area contributed by atoms with E-state index in [1.165, 1.54) is 16.4 Å². The predicted octanol–water partition coefficient (Wildman–Crippen LogP) is 0.969. The number of hydrogen-bond acceptors (Lipinski definition) is 5. The minimum atomic E-state index is 0.888. The molecule has 0 spiro atoms. The lowest BCUT2D eigenvalue weighted by atomic mass is 10.4. The summed E-state index contributed by atoms with van der Waals surface area (Å²) in [5, 5.41) is 7.16. The van der Waals surface area contributed by atoms with Crippen LogP contribution < -0.4 is 5.32 Å². The number of nitrogens with zero attached hydrogens (tertiary/aromatic N) is 3. The summed E-state index contributed by atoms with van der Waals surface area (Å²) >= 11 is 1.46. The first-order valence-electron chi connectivity index (χ1n) is 5.06. The molecule has 0 aliphatic rings. The van der Waals surface area contributed by atoms with Crippen molar-refractivity contribution in [3.8, 4) is 0 Å². The van der Waals surface area contributed by atoms with Gasteiger partial charge in [-0.3, -0.25) is 0 Å². The largest absolute Gasteiger partial charge is 0.310 e. The van der Waals surface area contributed by atoms with Crippen LogP contribution in [0.3, 0.4) is 0 Å². The Morgan fingerprint density at radius 3 is 2.79 bits per heavy atom. The summed E-state index contributed by atoms with van der Waals surface area (Å²) in [5.41, 5.74) is 0. The second-order valence-electron chi connectivity index (χ2n) is 3.09. The Balaban J connectivity index is 2.04. The predicted molar refractivity (Wildman–Crippen MR) is 59.4 cm³/mol. The Morgan fingerprint density at radius 1 is 1.43 bits per heavy atom. The molecule has 0 amide bonds. The highest BCUT2D eigenvalue weighted by atomic mass is 32.1. The smallest absolute Gasteiger partial charge is 0.0666 e. The topological polar surface area (TPSA) is 41.0 Å². The number of likely N-dealkylation sites (N-methyl/N-ethyl adjacent to an activating group) is 1. The van der Waals surface area contributed by atoms with Crippen LogP contribution >= 0.6 is 11.5 Å². The minimum Gasteiger partial charge on any atom is -0.310 e. The van der Waals surface area contributed by atoms with Crippen LogP contribution in [0.15, 0.2) is 6.20 Å². The first-order chi connectivity index (χ1) is 6.86. The summed E-state index contributed by atoms with van der Waals surface area (Å²) in [6.45, 7) is 9.66. The van der Waals surface area contributed by atoms with E-state index in [2.05, 4.69) is 33.7 Å². The Hall–Kier alpha value is -0.520. The van der Waals surface area contributed by atoms with Gasteiger partial charge in [0, 0.05) is 19.6 Å². The molecule has 0 atom stereocenters. The second-order valence-corrected chi connectivity index (χ2v) is 3.96. The molecule has 0 radical (unpaired) electrons. The fourth-order valence-electron chi connectivity index (χ4n) is 1.25. The highest BCUT2D eigenvalue weighted by Crippen LogP contribution is 1.99. The summed E-state index contributed by atoms with van der Waals surface area (Å²) in [6.07, 6.45) is 1.81. The van der Waals surface area contributed by atoms with E-state index in [0.29, 0.717) is 0 Å². The summed E-state index contributed by atoms with van der Waals surface area (Å²) in [7, 11) is 0. The van der Waals surface area contributed by atoms with Crippen molar-refractivity contribution in [3.05, 3.63) is 11.1 Å². The standard InChI is InChI=1S/C9H18N4S/c1-3-13(4-2)6-5-10-7-9-8-11-12-14-9/h8,10H,3-7H2,1-2H3. The molecule has 1 N–H and O–H groups in total. The molecule has 5 heteroatoms. The van der Waals surface area contributed by atoms with E-state index in [-0.39, 0.29) is 0 Å². The quantitative estimate of drug-likeness (QED) is 0.687. The van der Waals surface area contributed by atoms with Crippen LogP contribution in [0.2, 0.25) is 0 Å². The molecule has 1 aromatic heterocycles. The van der Waals surface area contributed by atoms with Gasteiger partial charge in [0.1, 0.15) is 0 Å². The van der Waals surface area contributed by atoms with E-state index in [0.717, 1.165) is 32.7 Å². The zero-order chi connectivity index (χ0) is 10.2. The summed E-state index contributed by atoms with van der Waals surface area (Å²) in [4.78, 5) is 3.60. The number of aromatic nitrogens is 2. The third kappa shape index (κ3) is 4.13. The molecule has 0 aliphatic heterocycles. The number of rotatable bonds is 7. The lowest BCUT2D eigenvalue weighted by Gasteiger charge is -2.17. The molecule has 4 nitrogen and oxygen atoms in total. The van der Waals surface area contributed by atoms with Crippen LogP contribution in [0.4, 0.5) is 0 Å². The van der Waals surface area contributed by atoms with Crippen LogP contribution in [0.25, 0.3) is 0 Å². The molecular weight excluding hydrogens is 196 g/mol. The van der Waals surface area contributed by atoms with Crippen molar-refractivity contribution in [2.45, 2.75) is 20.4 Å². The van der Waals surface area contributed by atoms with Gasteiger partial charge in [-0.1, -0.05) is 18.3 Å². The molecule has 0 aromatic carbocycles. The molecule has 0 aliphatic carbocycles. The van der Waals surface area contributed by atoms with Gasteiger partial charge in [-0.25, -0.2) is 0 Å². The fraction of sp³-hybridized carbons (Fsp3) is 0.778. The van der Waals surface area contributed by atoms with E-state index >= 15 is 0 Å². The zero-order valence-corrected chi connectivity index (χ0v) is 9.68.